The fraction of sp³-hybridized carbons (Fsp3) is 0.733. The van der Waals surface area contributed by atoms with Crippen molar-refractivity contribution in [1.29, 1.82) is 0 Å². The minimum Gasteiger partial charge on any atom is -0.379 e. The second-order valence-electron chi connectivity index (χ2n) is 5.56. The summed E-state index contributed by atoms with van der Waals surface area (Å²) in [6.07, 6.45) is 2.15. The molecule has 2 atom stereocenters. The molecule has 114 valence electrons. The fourth-order valence-electron chi connectivity index (χ4n) is 3.06. The number of ether oxygens (including phenoxy) is 1. The quantitative estimate of drug-likeness (QED) is 0.873. The highest BCUT2D eigenvalue weighted by molar-refractivity contribution is 7.16. The van der Waals surface area contributed by atoms with E-state index in [4.69, 9.17) is 16.3 Å². The second-order valence-corrected chi connectivity index (χ2v) is 7.36. The third-order valence-corrected chi connectivity index (χ3v) is 5.84. The summed E-state index contributed by atoms with van der Waals surface area (Å²) in [4.78, 5) is 3.93. The first-order chi connectivity index (χ1) is 9.60. The fourth-order valence-corrected chi connectivity index (χ4v) is 4.19. The van der Waals surface area contributed by atoms with E-state index in [9.17, 15) is 0 Å². The van der Waals surface area contributed by atoms with Crippen LogP contribution in [0, 0.1) is 0 Å². The van der Waals surface area contributed by atoms with Gasteiger partial charge in [0.15, 0.2) is 0 Å². The van der Waals surface area contributed by atoms with Gasteiger partial charge in [0.2, 0.25) is 0 Å². The summed E-state index contributed by atoms with van der Waals surface area (Å²) < 4.78 is 6.37. The Morgan fingerprint density at radius 1 is 1.45 bits per heavy atom. The van der Waals surface area contributed by atoms with Crippen LogP contribution in [0.25, 0.3) is 0 Å². The lowest BCUT2D eigenvalue weighted by molar-refractivity contribution is -0.0312. The molecular formula is C15H25ClN2OS. The number of thiophene rings is 1. The standard InChI is InChI=1S/C15H25ClN2OS/c1-4-15(2,18-7-9-19-10-8-18)13(17-3)11-12-5-6-14(16)20-12/h5-6,13,17H,4,7-11H2,1-3H3. The Labute approximate surface area is 131 Å². The van der Waals surface area contributed by atoms with Crippen molar-refractivity contribution in [2.75, 3.05) is 33.4 Å². The minimum absolute atomic E-state index is 0.148. The van der Waals surface area contributed by atoms with Gasteiger partial charge in [0, 0.05) is 29.5 Å². The summed E-state index contributed by atoms with van der Waals surface area (Å²) in [7, 11) is 2.06. The van der Waals surface area contributed by atoms with E-state index in [1.54, 1.807) is 11.3 Å². The summed E-state index contributed by atoms with van der Waals surface area (Å²) in [6.45, 7) is 8.38. The van der Waals surface area contributed by atoms with E-state index in [0.29, 0.717) is 6.04 Å². The van der Waals surface area contributed by atoms with Crippen molar-refractivity contribution in [3.63, 3.8) is 0 Å². The molecule has 1 aliphatic rings. The Kier molecular flexibility index (Phi) is 5.87. The van der Waals surface area contributed by atoms with Crippen LogP contribution in [0.15, 0.2) is 12.1 Å². The molecule has 2 heterocycles. The Bertz CT molecular complexity index is 420. The lowest BCUT2D eigenvalue weighted by Gasteiger charge is -2.47. The van der Waals surface area contributed by atoms with Crippen molar-refractivity contribution in [2.45, 2.75) is 38.3 Å². The average Bonchev–Trinajstić information content (AvgIpc) is 2.90. The molecule has 1 fully saturated rings. The highest BCUT2D eigenvalue weighted by Gasteiger charge is 2.38. The predicted molar refractivity (Wildman–Crippen MR) is 87.0 cm³/mol. The smallest absolute Gasteiger partial charge is 0.0931 e. The van der Waals surface area contributed by atoms with Crippen molar-refractivity contribution in [3.05, 3.63) is 21.3 Å². The second kappa shape index (κ2) is 7.23. The molecule has 0 saturated carbocycles. The van der Waals surface area contributed by atoms with Crippen molar-refractivity contribution >= 4 is 22.9 Å². The molecule has 20 heavy (non-hydrogen) atoms. The van der Waals surface area contributed by atoms with Crippen LogP contribution in [0.2, 0.25) is 4.34 Å². The zero-order chi connectivity index (χ0) is 14.6. The first-order valence-electron chi connectivity index (χ1n) is 7.34. The Hall–Kier alpha value is -0.130. The van der Waals surface area contributed by atoms with E-state index in [1.807, 2.05) is 6.07 Å². The van der Waals surface area contributed by atoms with Gasteiger partial charge < -0.3 is 10.1 Å². The number of hydrogen-bond donors (Lipinski definition) is 1. The van der Waals surface area contributed by atoms with Gasteiger partial charge >= 0.3 is 0 Å². The van der Waals surface area contributed by atoms with Crippen molar-refractivity contribution in [3.8, 4) is 0 Å². The number of likely N-dealkylation sites (N-methyl/N-ethyl adjacent to an activating group) is 1. The average molecular weight is 317 g/mol. The number of hydrogen-bond acceptors (Lipinski definition) is 4. The summed E-state index contributed by atoms with van der Waals surface area (Å²) in [6, 6.07) is 4.55. The maximum Gasteiger partial charge on any atom is 0.0931 e. The first-order valence-corrected chi connectivity index (χ1v) is 8.54. The van der Waals surface area contributed by atoms with Crippen LogP contribution in [0.4, 0.5) is 0 Å². The normalized spacial score (nSPS) is 21.6. The Morgan fingerprint density at radius 2 is 2.15 bits per heavy atom. The van der Waals surface area contributed by atoms with Crippen molar-refractivity contribution in [1.82, 2.24) is 10.2 Å². The topological polar surface area (TPSA) is 24.5 Å². The number of morpholine rings is 1. The third-order valence-electron chi connectivity index (χ3n) is 4.58. The molecule has 2 unspecified atom stereocenters. The molecular weight excluding hydrogens is 292 g/mol. The molecule has 1 aromatic heterocycles. The zero-order valence-corrected chi connectivity index (χ0v) is 14.2. The van der Waals surface area contributed by atoms with Gasteiger partial charge in [-0.05, 0) is 38.9 Å². The molecule has 5 heteroatoms. The van der Waals surface area contributed by atoms with E-state index in [0.717, 1.165) is 43.5 Å². The van der Waals surface area contributed by atoms with E-state index in [2.05, 4.69) is 37.2 Å². The lowest BCUT2D eigenvalue weighted by Crippen LogP contribution is -2.61. The van der Waals surface area contributed by atoms with Crippen LogP contribution in [-0.4, -0.2) is 49.8 Å². The summed E-state index contributed by atoms with van der Waals surface area (Å²) in [5.74, 6) is 0. The van der Waals surface area contributed by atoms with E-state index >= 15 is 0 Å². The highest BCUT2D eigenvalue weighted by atomic mass is 35.5. The minimum atomic E-state index is 0.148. The lowest BCUT2D eigenvalue weighted by atomic mass is 9.84. The molecule has 0 bridgehead atoms. The van der Waals surface area contributed by atoms with Crippen LogP contribution in [0.1, 0.15) is 25.1 Å². The molecule has 2 rings (SSSR count). The number of halogens is 1. The van der Waals surface area contributed by atoms with Crippen molar-refractivity contribution in [2.24, 2.45) is 0 Å². The number of rotatable bonds is 6. The molecule has 1 aliphatic heterocycles. The summed E-state index contributed by atoms with van der Waals surface area (Å²) in [5, 5.41) is 3.53. The zero-order valence-electron chi connectivity index (χ0n) is 12.6. The maximum atomic E-state index is 6.06. The van der Waals surface area contributed by atoms with Gasteiger partial charge in [0.25, 0.3) is 0 Å². The largest absolute Gasteiger partial charge is 0.379 e. The molecule has 3 nitrogen and oxygen atoms in total. The summed E-state index contributed by atoms with van der Waals surface area (Å²) in [5.41, 5.74) is 0.148. The molecule has 0 aliphatic carbocycles. The first kappa shape index (κ1) is 16.2. The SMILES string of the molecule is CCC(C)(C(Cc1ccc(Cl)s1)NC)N1CCOCC1. The number of nitrogens with zero attached hydrogens (tertiary/aromatic N) is 1. The van der Waals surface area contributed by atoms with Crippen LogP contribution < -0.4 is 5.32 Å². The molecule has 0 radical (unpaired) electrons. The van der Waals surface area contributed by atoms with Gasteiger partial charge in [-0.1, -0.05) is 18.5 Å². The highest BCUT2D eigenvalue weighted by Crippen LogP contribution is 2.30. The molecule has 0 aromatic carbocycles. The van der Waals surface area contributed by atoms with Crippen LogP contribution in [-0.2, 0) is 11.2 Å². The molecule has 1 saturated heterocycles. The molecule has 1 N–H and O–H groups in total. The van der Waals surface area contributed by atoms with E-state index < -0.39 is 0 Å². The van der Waals surface area contributed by atoms with Crippen LogP contribution in [0.3, 0.4) is 0 Å². The Morgan fingerprint density at radius 3 is 2.65 bits per heavy atom. The van der Waals surface area contributed by atoms with Gasteiger partial charge in [0.05, 0.1) is 17.6 Å². The third kappa shape index (κ3) is 3.55. The summed E-state index contributed by atoms with van der Waals surface area (Å²) >= 11 is 7.74. The van der Waals surface area contributed by atoms with Gasteiger partial charge in [0.1, 0.15) is 0 Å². The molecule has 1 aromatic rings. The Balaban J connectivity index is 2.12. The van der Waals surface area contributed by atoms with Gasteiger partial charge in [-0.2, -0.15) is 0 Å². The molecule has 0 amide bonds. The van der Waals surface area contributed by atoms with Gasteiger partial charge in [-0.3, -0.25) is 4.90 Å². The van der Waals surface area contributed by atoms with E-state index in [1.165, 1.54) is 4.88 Å². The van der Waals surface area contributed by atoms with Gasteiger partial charge in [-0.15, -0.1) is 11.3 Å². The monoisotopic (exact) mass is 316 g/mol. The number of nitrogens with one attached hydrogen (secondary N) is 1. The molecule has 0 spiro atoms. The van der Waals surface area contributed by atoms with Gasteiger partial charge in [-0.25, -0.2) is 0 Å². The van der Waals surface area contributed by atoms with Crippen LogP contribution >= 0.6 is 22.9 Å². The maximum absolute atomic E-state index is 6.06. The predicted octanol–water partition coefficient (Wildman–Crippen LogP) is 3.03. The van der Waals surface area contributed by atoms with Crippen molar-refractivity contribution < 1.29 is 4.74 Å². The van der Waals surface area contributed by atoms with E-state index in [-0.39, 0.29) is 5.54 Å². The van der Waals surface area contributed by atoms with Crippen LogP contribution in [0.5, 0.6) is 0 Å².